The van der Waals surface area contributed by atoms with Gasteiger partial charge in [0.05, 0.1) is 13.5 Å². The highest BCUT2D eigenvalue weighted by atomic mass is 19.1. The van der Waals surface area contributed by atoms with Gasteiger partial charge in [-0.15, -0.1) is 0 Å². The van der Waals surface area contributed by atoms with Crippen molar-refractivity contribution in [3.8, 4) is 5.75 Å². The molecule has 0 unspecified atom stereocenters. The van der Waals surface area contributed by atoms with Gasteiger partial charge >= 0.3 is 0 Å². The number of hydrogen-bond donors (Lipinski definition) is 0. The van der Waals surface area contributed by atoms with Crippen LogP contribution in [0.3, 0.4) is 0 Å². The minimum atomic E-state index is -0.464. The number of methoxy groups -OCH3 is 1. The van der Waals surface area contributed by atoms with E-state index in [1.165, 1.54) is 31.4 Å². The molecule has 0 atom stereocenters. The molecule has 1 amide bonds. The number of benzene rings is 2. The lowest BCUT2D eigenvalue weighted by Crippen LogP contribution is -2.49. The van der Waals surface area contributed by atoms with E-state index in [1.54, 1.807) is 23.1 Å². The van der Waals surface area contributed by atoms with Gasteiger partial charge in [-0.2, -0.15) is 0 Å². The molecule has 132 valence electrons. The normalized spacial score (nSPS) is 14.5. The SMILES string of the molecule is COc1ccc(CC(=O)N2CCN(c3ccc(F)cc3)CC2)cc1F. The Kier molecular flexibility index (Phi) is 5.16. The zero-order valence-corrected chi connectivity index (χ0v) is 14.0. The molecule has 1 fully saturated rings. The van der Waals surface area contributed by atoms with Crippen molar-refractivity contribution in [2.75, 3.05) is 38.2 Å². The fourth-order valence-corrected chi connectivity index (χ4v) is 2.97. The van der Waals surface area contributed by atoms with Gasteiger partial charge in [0, 0.05) is 31.9 Å². The average Bonchev–Trinajstić information content (AvgIpc) is 2.63. The number of carbonyl (C=O) groups excluding carboxylic acids is 1. The number of halogens is 2. The second kappa shape index (κ2) is 7.51. The second-order valence-corrected chi connectivity index (χ2v) is 5.99. The van der Waals surface area contributed by atoms with Crippen LogP contribution < -0.4 is 9.64 Å². The molecule has 0 saturated carbocycles. The molecule has 0 radical (unpaired) electrons. The lowest BCUT2D eigenvalue weighted by atomic mass is 10.1. The number of carbonyl (C=O) groups is 1. The van der Waals surface area contributed by atoms with Gasteiger partial charge in [0.25, 0.3) is 0 Å². The van der Waals surface area contributed by atoms with Crippen molar-refractivity contribution < 1.29 is 18.3 Å². The maximum absolute atomic E-state index is 13.7. The molecule has 0 bridgehead atoms. The summed E-state index contributed by atoms with van der Waals surface area (Å²) >= 11 is 0. The molecular weight excluding hydrogens is 326 g/mol. The van der Waals surface area contributed by atoms with Gasteiger partial charge in [-0.25, -0.2) is 8.78 Å². The van der Waals surface area contributed by atoms with E-state index in [0.717, 1.165) is 5.69 Å². The van der Waals surface area contributed by atoms with Crippen LogP contribution in [-0.4, -0.2) is 44.1 Å². The predicted molar refractivity (Wildman–Crippen MR) is 91.8 cm³/mol. The minimum absolute atomic E-state index is 0.0247. The first-order valence-electron chi connectivity index (χ1n) is 8.17. The quantitative estimate of drug-likeness (QED) is 0.853. The molecule has 3 rings (SSSR count). The van der Waals surface area contributed by atoms with E-state index in [0.29, 0.717) is 31.7 Å². The van der Waals surface area contributed by atoms with Gasteiger partial charge < -0.3 is 14.5 Å². The van der Waals surface area contributed by atoms with Crippen LogP contribution in [0.5, 0.6) is 5.75 Å². The summed E-state index contributed by atoms with van der Waals surface area (Å²) < 4.78 is 31.6. The molecule has 1 aliphatic rings. The largest absolute Gasteiger partial charge is 0.494 e. The molecule has 1 saturated heterocycles. The van der Waals surface area contributed by atoms with Crippen LogP contribution in [0.2, 0.25) is 0 Å². The van der Waals surface area contributed by atoms with Crippen molar-refractivity contribution in [3.05, 3.63) is 59.7 Å². The van der Waals surface area contributed by atoms with Crippen LogP contribution in [0, 0.1) is 11.6 Å². The number of hydrogen-bond acceptors (Lipinski definition) is 3. The zero-order chi connectivity index (χ0) is 17.8. The van der Waals surface area contributed by atoms with Crippen molar-refractivity contribution >= 4 is 11.6 Å². The Morgan fingerprint density at radius 2 is 1.72 bits per heavy atom. The molecule has 0 aliphatic carbocycles. The maximum Gasteiger partial charge on any atom is 0.227 e. The van der Waals surface area contributed by atoms with Crippen LogP contribution in [0.25, 0.3) is 0 Å². The summed E-state index contributed by atoms with van der Waals surface area (Å²) in [7, 11) is 1.41. The number of piperazine rings is 1. The highest BCUT2D eigenvalue weighted by molar-refractivity contribution is 5.79. The lowest BCUT2D eigenvalue weighted by Gasteiger charge is -2.36. The zero-order valence-electron chi connectivity index (χ0n) is 14.0. The topological polar surface area (TPSA) is 32.8 Å². The van der Waals surface area contributed by atoms with E-state index < -0.39 is 5.82 Å². The van der Waals surface area contributed by atoms with Gasteiger partial charge in [-0.05, 0) is 42.0 Å². The van der Waals surface area contributed by atoms with E-state index in [4.69, 9.17) is 4.74 Å². The molecule has 0 aromatic heterocycles. The van der Waals surface area contributed by atoms with Crippen LogP contribution in [-0.2, 0) is 11.2 Å². The number of nitrogens with zero attached hydrogens (tertiary/aromatic N) is 2. The highest BCUT2D eigenvalue weighted by Crippen LogP contribution is 2.20. The Morgan fingerprint density at radius 1 is 1.04 bits per heavy atom. The first-order valence-corrected chi connectivity index (χ1v) is 8.17. The van der Waals surface area contributed by atoms with Crippen molar-refractivity contribution in [1.29, 1.82) is 0 Å². The smallest absolute Gasteiger partial charge is 0.227 e. The van der Waals surface area contributed by atoms with Gasteiger partial charge in [0.2, 0.25) is 5.91 Å². The first kappa shape index (κ1) is 17.2. The Labute approximate surface area is 145 Å². The Bertz CT molecular complexity index is 742. The van der Waals surface area contributed by atoms with Gasteiger partial charge in [-0.1, -0.05) is 6.07 Å². The number of amides is 1. The third-order valence-corrected chi connectivity index (χ3v) is 4.40. The molecule has 1 heterocycles. The van der Waals surface area contributed by atoms with Crippen LogP contribution in [0.15, 0.2) is 42.5 Å². The Hall–Kier alpha value is -2.63. The van der Waals surface area contributed by atoms with E-state index in [9.17, 15) is 13.6 Å². The lowest BCUT2D eigenvalue weighted by molar-refractivity contribution is -0.130. The van der Waals surface area contributed by atoms with E-state index in [-0.39, 0.29) is 23.9 Å². The molecule has 0 spiro atoms. The third kappa shape index (κ3) is 4.07. The van der Waals surface area contributed by atoms with Crippen LogP contribution in [0.1, 0.15) is 5.56 Å². The van der Waals surface area contributed by atoms with E-state index in [1.807, 2.05) is 0 Å². The summed E-state index contributed by atoms with van der Waals surface area (Å²) in [5, 5.41) is 0. The minimum Gasteiger partial charge on any atom is -0.494 e. The maximum atomic E-state index is 13.7. The van der Waals surface area contributed by atoms with Crippen molar-refractivity contribution in [2.45, 2.75) is 6.42 Å². The summed E-state index contributed by atoms with van der Waals surface area (Å²) in [5.74, 6) is -0.578. The number of rotatable bonds is 4. The van der Waals surface area contributed by atoms with Gasteiger partial charge in [0.1, 0.15) is 5.82 Å². The van der Waals surface area contributed by atoms with Gasteiger partial charge in [-0.3, -0.25) is 4.79 Å². The number of anilines is 1. The molecule has 0 N–H and O–H groups in total. The summed E-state index contributed by atoms with van der Waals surface area (Å²) in [6.07, 6.45) is 0.164. The summed E-state index contributed by atoms with van der Waals surface area (Å²) in [6.45, 7) is 2.56. The second-order valence-electron chi connectivity index (χ2n) is 5.99. The van der Waals surface area contributed by atoms with Crippen molar-refractivity contribution in [2.24, 2.45) is 0 Å². The molecular formula is C19H20F2N2O2. The Morgan fingerprint density at radius 3 is 2.32 bits per heavy atom. The average molecular weight is 346 g/mol. The third-order valence-electron chi connectivity index (χ3n) is 4.40. The fraction of sp³-hybridized carbons (Fsp3) is 0.316. The van der Waals surface area contributed by atoms with Crippen LogP contribution in [0.4, 0.5) is 14.5 Å². The van der Waals surface area contributed by atoms with Crippen molar-refractivity contribution in [1.82, 2.24) is 4.90 Å². The van der Waals surface area contributed by atoms with E-state index >= 15 is 0 Å². The van der Waals surface area contributed by atoms with Crippen molar-refractivity contribution in [3.63, 3.8) is 0 Å². The molecule has 2 aromatic rings. The van der Waals surface area contributed by atoms with Crippen LogP contribution >= 0.6 is 0 Å². The van der Waals surface area contributed by atoms with Gasteiger partial charge in [0.15, 0.2) is 11.6 Å². The summed E-state index contributed by atoms with van der Waals surface area (Å²) in [4.78, 5) is 16.3. The Balaban J connectivity index is 1.56. The molecule has 4 nitrogen and oxygen atoms in total. The fourth-order valence-electron chi connectivity index (χ4n) is 2.97. The number of ether oxygens (including phenoxy) is 1. The summed E-state index contributed by atoms with van der Waals surface area (Å²) in [5.41, 5.74) is 1.58. The molecule has 25 heavy (non-hydrogen) atoms. The molecule has 6 heteroatoms. The summed E-state index contributed by atoms with van der Waals surface area (Å²) in [6, 6.07) is 10.9. The van der Waals surface area contributed by atoms with E-state index in [2.05, 4.69) is 4.90 Å². The predicted octanol–water partition coefficient (Wildman–Crippen LogP) is 2.86. The highest BCUT2D eigenvalue weighted by Gasteiger charge is 2.21. The molecule has 1 aliphatic heterocycles. The first-order chi connectivity index (χ1) is 12.1. The standard InChI is InChI=1S/C19H20F2N2O2/c1-25-18-7-2-14(12-17(18)21)13-19(24)23-10-8-22(9-11-23)16-5-3-15(20)4-6-16/h2-7,12H,8-11,13H2,1H3. The monoisotopic (exact) mass is 346 g/mol. The molecule has 2 aromatic carbocycles.